The molecule has 0 aliphatic carbocycles. The number of aromatic nitrogens is 1. The van der Waals surface area contributed by atoms with Gasteiger partial charge in [0.05, 0.1) is 5.02 Å². The van der Waals surface area contributed by atoms with Crippen LogP contribution in [0.3, 0.4) is 0 Å². The van der Waals surface area contributed by atoms with E-state index in [0.717, 1.165) is 12.0 Å². The van der Waals surface area contributed by atoms with Gasteiger partial charge in [-0.15, -0.1) is 0 Å². The molecule has 1 aliphatic heterocycles. The lowest BCUT2D eigenvalue weighted by molar-refractivity contribution is 0.582. The number of halogens is 1. The van der Waals surface area contributed by atoms with E-state index in [1.165, 1.54) is 18.6 Å². The van der Waals surface area contributed by atoms with Crippen LogP contribution in [0, 0.1) is 0 Å². The maximum atomic E-state index is 6.24. The maximum Gasteiger partial charge on any atom is 0.128 e. The Morgan fingerprint density at radius 2 is 2.31 bits per heavy atom. The zero-order valence-electron chi connectivity index (χ0n) is 9.03. The number of hydrogen-bond acceptors (Lipinski definition) is 4. The summed E-state index contributed by atoms with van der Waals surface area (Å²) >= 11 is 7.85. The Morgan fingerprint density at radius 1 is 1.50 bits per heavy atom. The molecule has 88 valence electrons. The first-order valence-electron chi connectivity index (χ1n) is 5.46. The SMILES string of the molecule is Nc1ncc(Cl)cc1C(N)C1CCCCS1. The van der Waals surface area contributed by atoms with E-state index in [1.807, 2.05) is 17.8 Å². The number of thioether (sulfide) groups is 1. The number of anilines is 1. The fourth-order valence-electron chi connectivity index (χ4n) is 1.98. The highest BCUT2D eigenvalue weighted by Crippen LogP contribution is 2.35. The third-order valence-corrected chi connectivity index (χ3v) is 4.58. The molecule has 2 heterocycles. The molecular formula is C11H16ClN3S. The zero-order chi connectivity index (χ0) is 11.5. The second-order valence-electron chi connectivity index (χ2n) is 4.06. The molecule has 3 nitrogen and oxygen atoms in total. The van der Waals surface area contributed by atoms with Gasteiger partial charge < -0.3 is 11.5 Å². The van der Waals surface area contributed by atoms with Crippen molar-refractivity contribution >= 4 is 29.2 Å². The first-order valence-corrected chi connectivity index (χ1v) is 6.89. The van der Waals surface area contributed by atoms with E-state index >= 15 is 0 Å². The molecule has 2 atom stereocenters. The molecule has 5 heteroatoms. The van der Waals surface area contributed by atoms with Crippen molar-refractivity contribution in [1.82, 2.24) is 4.98 Å². The van der Waals surface area contributed by atoms with Crippen LogP contribution in [0.5, 0.6) is 0 Å². The second kappa shape index (κ2) is 5.25. The predicted octanol–water partition coefficient (Wildman–Crippen LogP) is 2.60. The van der Waals surface area contributed by atoms with E-state index in [2.05, 4.69) is 4.98 Å². The van der Waals surface area contributed by atoms with Gasteiger partial charge in [-0.3, -0.25) is 0 Å². The average Bonchev–Trinajstić information content (AvgIpc) is 2.32. The monoisotopic (exact) mass is 257 g/mol. The first-order chi connectivity index (χ1) is 7.68. The molecule has 4 N–H and O–H groups in total. The van der Waals surface area contributed by atoms with Gasteiger partial charge in [0.2, 0.25) is 0 Å². The van der Waals surface area contributed by atoms with Gasteiger partial charge in [0, 0.05) is 23.1 Å². The molecule has 16 heavy (non-hydrogen) atoms. The van der Waals surface area contributed by atoms with Crippen molar-refractivity contribution in [3.8, 4) is 0 Å². The molecule has 0 saturated carbocycles. The van der Waals surface area contributed by atoms with Gasteiger partial charge in [-0.25, -0.2) is 4.98 Å². The number of nitrogens with two attached hydrogens (primary N) is 2. The number of rotatable bonds is 2. The fraction of sp³-hybridized carbons (Fsp3) is 0.545. The van der Waals surface area contributed by atoms with Crippen LogP contribution in [0.2, 0.25) is 5.02 Å². The summed E-state index contributed by atoms with van der Waals surface area (Å²) in [5.41, 5.74) is 13.0. The summed E-state index contributed by atoms with van der Waals surface area (Å²) < 4.78 is 0. The minimum Gasteiger partial charge on any atom is -0.383 e. The van der Waals surface area contributed by atoms with Crippen LogP contribution in [0.1, 0.15) is 30.9 Å². The van der Waals surface area contributed by atoms with Crippen LogP contribution in [-0.4, -0.2) is 16.0 Å². The highest BCUT2D eigenvalue weighted by molar-refractivity contribution is 8.00. The third-order valence-electron chi connectivity index (χ3n) is 2.89. The van der Waals surface area contributed by atoms with Gasteiger partial charge in [0.25, 0.3) is 0 Å². The lowest BCUT2D eigenvalue weighted by atomic mass is 10.0. The molecule has 2 unspecified atom stereocenters. The van der Waals surface area contributed by atoms with Crippen LogP contribution in [-0.2, 0) is 0 Å². The van der Waals surface area contributed by atoms with Crippen molar-refractivity contribution in [1.29, 1.82) is 0 Å². The van der Waals surface area contributed by atoms with Crippen LogP contribution >= 0.6 is 23.4 Å². The number of nitrogen functional groups attached to an aromatic ring is 1. The van der Waals surface area contributed by atoms with Gasteiger partial charge in [0.1, 0.15) is 5.82 Å². The molecule has 1 aromatic rings. The Morgan fingerprint density at radius 3 is 3.00 bits per heavy atom. The average molecular weight is 258 g/mol. The first kappa shape index (κ1) is 12.0. The highest BCUT2D eigenvalue weighted by Gasteiger charge is 2.24. The largest absolute Gasteiger partial charge is 0.383 e. The van der Waals surface area contributed by atoms with E-state index in [-0.39, 0.29) is 6.04 Å². The minimum atomic E-state index is -0.0588. The smallest absolute Gasteiger partial charge is 0.128 e. The van der Waals surface area contributed by atoms with Crippen molar-refractivity contribution in [2.75, 3.05) is 11.5 Å². The Hall–Kier alpha value is -0.450. The predicted molar refractivity (Wildman–Crippen MR) is 70.7 cm³/mol. The van der Waals surface area contributed by atoms with E-state index in [9.17, 15) is 0 Å². The van der Waals surface area contributed by atoms with Crippen LogP contribution in [0.4, 0.5) is 5.82 Å². The van der Waals surface area contributed by atoms with Gasteiger partial charge in [-0.1, -0.05) is 18.0 Å². The van der Waals surface area contributed by atoms with Crippen molar-refractivity contribution in [3.05, 3.63) is 22.8 Å². The Bertz CT molecular complexity index is 366. The summed E-state index contributed by atoms with van der Waals surface area (Å²) in [6.07, 6.45) is 5.25. The number of hydrogen-bond donors (Lipinski definition) is 2. The molecular weight excluding hydrogens is 242 g/mol. The minimum absolute atomic E-state index is 0.0588. The van der Waals surface area contributed by atoms with E-state index in [4.69, 9.17) is 23.1 Å². The fourth-order valence-corrected chi connectivity index (χ4v) is 3.51. The van der Waals surface area contributed by atoms with Crippen molar-refractivity contribution < 1.29 is 0 Å². The quantitative estimate of drug-likeness (QED) is 0.855. The van der Waals surface area contributed by atoms with E-state index < -0.39 is 0 Å². The normalized spacial score (nSPS) is 23.0. The van der Waals surface area contributed by atoms with Gasteiger partial charge in [-0.2, -0.15) is 11.8 Å². The van der Waals surface area contributed by atoms with Gasteiger partial charge in [-0.05, 0) is 24.7 Å². The van der Waals surface area contributed by atoms with Crippen molar-refractivity contribution in [3.63, 3.8) is 0 Å². The molecule has 1 aliphatic rings. The lowest BCUT2D eigenvalue weighted by Gasteiger charge is -2.27. The van der Waals surface area contributed by atoms with Gasteiger partial charge in [0.15, 0.2) is 0 Å². The molecule has 1 fully saturated rings. The summed E-state index contributed by atoms with van der Waals surface area (Å²) in [6.45, 7) is 0. The summed E-state index contributed by atoms with van der Waals surface area (Å²) in [4.78, 5) is 4.05. The van der Waals surface area contributed by atoms with Crippen molar-refractivity contribution in [2.24, 2.45) is 5.73 Å². The molecule has 0 amide bonds. The number of pyridine rings is 1. The molecule has 0 spiro atoms. The van der Waals surface area contributed by atoms with Crippen LogP contribution in [0.15, 0.2) is 12.3 Å². The molecule has 0 bridgehead atoms. The highest BCUT2D eigenvalue weighted by atomic mass is 35.5. The van der Waals surface area contributed by atoms with Crippen LogP contribution in [0.25, 0.3) is 0 Å². The Kier molecular flexibility index (Phi) is 3.95. The Labute approximate surface area is 105 Å². The molecule has 2 rings (SSSR count). The zero-order valence-corrected chi connectivity index (χ0v) is 10.6. The summed E-state index contributed by atoms with van der Waals surface area (Å²) in [7, 11) is 0. The van der Waals surface area contributed by atoms with E-state index in [1.54, 1.807) is 6.20 Å². The van der Waals surface area contributed by atoms with Crippen LogP contribution < -0.4 is 11.5 Å². The molecule has 1 saturated heterocycles. The second-order valence-corrected chi connectivity index (χ2v) is 5.84. The molecule has 0 radical (unpaired) electrons. The summed E-state index contributed by atoms with van der Waals surface area (Å²) in [6, 6.07) is 1.78. The lowest BCUT2D eigenvalue weighted by Crippen LogP contribution is -2.27. The van der Waals surface area contributed by atoms with Crippen molar-refractivity contribution in [2.45, 2.75) is 30.6 Å². The number of nitrogens with zero attached hydrogens (tertiary/aromatic N) is 1. The molecule has 1 aromatic heterocycles. The summed E-state index contributed by atoms with van der Waals surface area (Å²) in [5.74, 6) is 1.69. The standard InChI is InChI=1S/C11H16ClN3S/c12-7-5-8(11(14)15-6-7)10(13)9-3-1-2-4-16-9/h5-6,9-10H,1-4,13H2,(H2,14,15). The maximum absolute atomic E-state index is 6.24. The van der Waals surface area contributed by atoms with Gasteiger partial charge >= 0.3 is 0 Å². The van der Waals surface area contributed by atoms with E-state index in [0.29, 0.717) is 16.1 Å². The topological polar surface area (TPSA) is 64.9 Å². The molecule has 0 aromatic carbocycles. The Balaban J connectivity index is 2.18. The summed E-state index contributed by atoms with van der Waals surface area (Å²) in [5, 5.41) is 1.04. The third kappa shape index (κ3) is 2.62.